The maximum absolute atomic E-state index is 13.3. The van der Waals surface area contributed by atoms with Gasteiger partial charge in [-0.3, -0.25) is 14.2 Å². The van der Waals surface area contributed by atoms with Crippen LogP contribution in [0.3, 0.4) is 0 Å². The highest BCUT2D eigenvalue weighted by molar-refractivity contribution is 7.07. The van der Waals surface area contributed by atoms with Crippen LogP contribution in [-0.4, -0.2) is 30.2 Å². The van der Waals surface area contributed by atoms with Crippen molar-refractivity contribution in [3.63, 3.8) is 0 Å². The van der Waals surface area contributed by atoms with E-state index in [1.165, 1.54) is 19.3 Å². The van der Waals surface area contributed by atoms with Gasteiger partial charge in [0.05, 0.1) is 24.3 Å². The van der Waals surface area contributed by atoms with Gasteiger partial charge in [-0.25, -0.2) is 13.6 Å². The number of ether oxygens (including phenoxy) is 2. The molecule has 2 rings (SSSR count). The van der Waals surface area contributed by atoms with Crippen LogP contribution in [0, 0.1) is 11.6 Å². The molecule has 1 aromatic heterocycles. The van der Waals surface area contributed by atoms with E-state index in [0.29, 0.717) is 0 Å². The molecule has 6 nitrogen and oxygen atoms in total. The molecule has 0 aliphatic rings. The lowest BCUT2D eigenvalue weighted by Gasteiger charge is -2.00. The number of carbonyl (C=O) groups excluding carboxylic acids is 2. The van der Waals surface area contributed by atoms with Crippen LogP contribution in [0.5, 0.6) is 0 Å². The standard InChI is InChI=1S/C17H15F2NO5S/c1-3-25-15(21)8-14-20(9-16(22)24-2)17(23)13(26-14)7-10-4-5-11(18)12(19)6-10/h4-8H,3,9H2,1-2H3/b13-7-,14-8-. The van der Waals surface area contributed by atoms with Gasteiger partial charge in [0.2, 0.25) is 0 Å². The van der Waals surface area contributed by atoms with Crippen molar-refractivity contribution in [3.05, 3.63) is 54.9 Å². The smallest absolute Gasteiger partial charge is 0.333 e. The quantitative estimate of drug-likeness (QED) is 0.705. The Bertz CT molecular complexity index is 1010. The third-order valence-corrected chi connectivity index (χ3v) is 4.28. The highest BCUT2D eigenvalue weighted by atomic mass is 32.1. The van der Waals surface area contributed by atoms with Crippen LogP contribution in [0.15, 0.2) is 23.0 Å². The molecular formula is C17H15F2NO5S. The van der Waals surface area contributed by atoms with Crippen LogP contribution < -0.4 is 14.8 Å². The fourth-order valence-electron chi connectivity index (χ4n) is 2.02. The summed E-state index contributed by atoms with van der Waals surface area (Å²) in [7, 11) is 1.17. The lowest BCUT2D eigenvalue weighted by molar-refractivity contribution is -0.141. The normalized spacial score (nSPS) is 12.3. The Morgan fingerprint density at radius 3 is 2.62 bits per heavy atom. The summed E-state index contributed by atoms with van der Waals surface area (Å²) >= 11 is 0.912. The monoisotopic (exact) mass is 383 g/mol. The summed E-state index contributed by atoms with van der Waals surface area (Å²) in [6.07, 6.45) is 2.42. The van der Waals surface area contributed by atoms with Gasteiger partial charge >= 0.3 is 11.9 Å². The molecule has 0 fully saturated rings. The van der Waals surface area contributed by atoms with Gasteiger partial charge in [0, 0.05) is 0 Å². The number of halogens is 2. The second-order valence-corrected chi connectivity index (χ2v) is 6.05. The number of benzene rings is 1. The molecule has 0 amide bonds. The van der Waals surface area contributed by atoms with Gasteiger partial charge in [0.25, 0.3) is 5.56 Å². The van der Waals surface area contributed by atoms with E-state index in [1.54, 1.807) is 6.92 Å². The highest BCUT2D eigenvalue weighted by Gasteiger charge is 2.11. The summed E-state index contributed by atoms with van der Waals surface area (Å²) in [5.41, 5.74) is -0.309. The molecule has 26 heavy (non-hydrogen) atoms. The molecule has 1 aromatic carbocycles. The number of thiazole rings is 1. The average Bonchev–Trinajstić information content (AvgIpc) is 2.87. The second-order valence-electron chi connectivity index (χ2n) is 4.99. The van der Waals surface area contributed by atoms with E-state index in [4.69, 9.17) is 4.74 Å². The van der Waals surface area contributed by atoms with Gasteiger partial charge in [-0.15, -0.1) is 11.3 Å². The van der Waals surface area contributed by atoms with E-state index in [1.807, 2.05) is 0 Å². The fraction of sp³-hybridized carbons (Fsp3) is 0.235. The number of esters is 2. The molecule has 0 bridgehead atoms. The highest BCUT2D eigenvalue weighted by Crippen LogP contribution is 2.08. The molecule has 1 heterocycles. The molecule has 0 spiro atoms. The summed E-state index contributed by atoms with van der Waals surface area (Å²) in [6, 6.07) is 3.18. The molecule has 0 radical (unpaired) electrons. The topological polar surface area (TPSA) is 74.6 Å². The molecule has 0 N–H and O–H groups in total. The first kappa shape index (κ1) is 19.5. The van der Waals surface area contributed by atoms with Crippen LogP contribution in [0.4, 0.5) is 8.78 Å². The zero-order valence-electron chi connectivity index (χ0n) is 14.0. The Balaban J connectivity index is 2.62. The third-order valence-electron chi connectivity index (χ3n) is 3.22. The van der Waals surface area contributed by atoms with Gasteiger partial charge in [0.1, 0.15) is 11.2 Å². The van der Waals surface area contributed by atoms with Crippen molar-refractivity contribution in [3.8, 4) is 0 Å². The summed E-state index contributed by atoms with van der Waals surface area (Å²) in [5, 5.41) is 0. The second kappa shape index (κ2) is 8.52. The average molecular weight is 383 g/mol. The molecule has 9 heteroatoms. The first-order valence-corrected chi connectivity index (χ1v) is 8.29. The Hall–Kier alpha value is -2.81. The predicted octanol–water partition coefficient (Wildman–Crippen LogP) is 0.533. The van der Waals surface area contributed by atoms with Crippen LogP contribution in [0.2, 0.25) is 0 Å². The molecule has 138 valence electrons. The van der Waals surface area contributed by atoms with E-state index in [0.717, 1.165) is 34.1 Å². The predicted molar refractivity (Wildman–Crippen MR) is 90.9 cm³/mol. The Morgan fingerprint density at radius 2 is 2.00 bits per heavy atom. The van der Waals surface area contributed by atoms with Gasteiger partial charge in [-0.2, -0.15) is 0 Å². The number of carbonyl (C=O) groups is 2. The van der Waals surface area contributed by atoms with Crippen molar-refractivity contribution in [1.29, 1.82) is 0 Å². The van der Waals surface area contributed by atoms with Crippen LogP contribution in [0.1, 0.15) is 12.5 Å². The minimum Gasteiger partial charge on any atom is -0.468 e. The zero-order valence-corrected chi connectivity index (χ0v) is 14.8. The van der Waals surface area contributed by atoms with Crippen molar-refractivity contribution >= 4 is 35.4 Å². The molecule has 0 aliphatic carbocycles. The fourth-order valence-corrected chi connectivity index (χ4v) is 3.06. The molecular weight excluding hydrogens is 368 g/mol. The molecule has 0 saturated carbocycles. The summed E-state index contributed by atoms with van der Waals surface area (Å²) < 4.78 is 37.1. The minimum absolute atomic E-state index is 0.135. The minimum atomic E-state index is -1.05. The zero-order chi connectivity index (χ0) is 19.3. The van der Waals surface area contributed by atoms with E-state index >= 15 is 0 Å². The summed E-state index contributed by atoms with van der Waals surface area (Å²) in [6.45, 7) is 1.38. The first-order chi connectivity index (χ1) is 12.3. The van der Waals surface area contributed by atoms with Crippen molar-refractivity contribution in [2.24, 2.45) is 0 Å². The number of hydrogen-bond acceptors (Lipinski definition) is 6. The Labute approximate surface area is 150 Å². The molecule has 0 aliphatic heterocycles. The number of methoxy groups -OCH3 is 1. The SMILES string of the molecule is CCOC(=O)/C=c1\s/c(=C\c2ccc(F)c(F)c2)c(=O)n1CC(=O)OC. The number of nitrogens with zero attached hydrogens (tertiary/aromatic N) is 1. The third kappa shape index (κ3) is 4.63. The van der Waals surface area contributed by atoms with Crippen molar-refractivity contribution in [1.82, 2.24) is 4.57 Å². The van der Waals surface area contributed by atoms with E-state index in [2.05, 4.69) is 4.74 Å². The number of aromatic nitrogens is 1. The Kier molecular flexibility index (Phi) is 6.40. The Morgan fingerprint density at radius 1 is 1.27 bits per heavy atom. The van der Waals surface area contributed by atoms with Gasteiger partial charge < -0.3 is 9.47 Å². The first-order valence-electron chi connectivity index (χ1n) is 7.47. The van der Waals surface area contributed by atoms with E-state index in [-0.39, 0.29) is 21.4 Å². The van der Waals surface area contributed by atoms with Crippen molar-refractivity contribution in [2.75, 3.05) is 13.7 Å². The summed E-state index contributed by atoms with van der Waals surface area (Å²) in [4.78, 5) is 35.7. The van der Waals surface area contributed by atoms with Crippen LogP contribution in [0.25, 0.3) is 12.2 Å². The van der Waals surface area contributed by atoms with Crippen LogP contribution >= 0.6 is 11.3 Å². The van der Waals surface area contributed by atoms with Crippen molar-refractivity contribution in [2.45, 2.75) is 13.5 Å². The van der Waals surface area contributed by atoms with Crippen LogP contribution in [-0.2, 0) is 25.6 Å². The lowest BCUT2D eigenvalue weighted by atomic mass is 10.2. The number of rotatable bonds is 5. The van der Waals surface area contributed by atoms with Gasteiger partial charge in [-0.05, 0) is 30.7 Å². The maximum atomic E-state index is 13.3. The molecule has 2 aromatic rings. The molecule has 0 saturated heterocycles. The number of hydrogen-bond donors (Lipinski definition) is 0. The van der Waals surface area contributed by atoms with Gasteiger partial charge in [-0.1, -0.05) is 6.07 Å². The summed E-state index contributed by atoms with van der Waals surface area (Å²) in [5.74, 6) is -3.41. The van der Waals surface area contributed by atoms with E-state index in [9.17, 15) is 23.2 Å². The lowest BCUT2D eigenvalue weighted by Crippen LogP contribution is -2.34. The molecule has 0 atom stereocenters. The van der Waals surface area contributed by atoms with Crippen molar-refractivity contribution < 1.29 is 27.8 Å². The largest absolute Gasteiger partial charge is 0.468 e. The van der Waals surface area contributed by atoms with E-state index < -0.39 is 35.7 Å². The maximum Gasteiger partial charge on any atom is 0.333 e. The van der Waals surface area contributed by atoms with Gasteiger partial charge in [0.15, 0.2) is 11.6 Å². The molecule has 0 unspecified atom stereocenters.